The molecule has 2 rings (SSSR count). The molecule has 2 unspecified atom stereocenters. The lowest BCUT2D eigenvalue weighted by molar-refractivity contribution is 0.153. The molecule has 0 radical (unpaired) electrons. The van der Waals surface area contributed by atoms with Crippen LogP contribution in [0.3, 0.4) is 0 Å². The maximum Gasteiger partial charge on any atom is 0.297 e. The standard InChI is InChI=1S/C11H14O4S/c12-9-6-7-10(8-9)15-16(13,14)11-4-2-1-3-5-11/h1-5,9-10,12H,6-8H2. The van der Waals surface area contributed by atoms with Crippen LogP contribution in [-0.4, -0.2) is 25.7 Å². The third kappa shape index (κ3) is 2.61. The second-order valence-corrected chi connectivity index (χ2v) is 5.52. The summed E-state index contributed by atoms with van der Waals surface area (Å²) in [6, 6.07) is 8.05. The van der Waals surface area contributed by atoms with Crippen molar-refractivity contribution in [2.75, 3.05) is 0 Å². The minimum Gasteiger partial charge on any atom is -0.393 e. The van der Waals surface area contributed by atoms with Crippen LogP contribution in [0.5, 0.6) is 0 Å². The molecule has 1 saturated carbocycles. The van der Waals surface area contributed by atoms with Gasteiger partial charge in [-0.15, -0.1) is 0 Å². The molecule has 1 fully saturated rings. The summed E-state index contributed by atoms with van der Waals surface area (Å²) in [5, 5.41) is 9.29. The van der Waals surface area contributed by atoms with Gasteiger partial charge in [-0.1, -0.05) is 18.2 Å². The first-order valence-corrected chi connectivity index (χ1v) is 6.65. The fourth-order valence-electron chi connectivity index (χ4n) is 1.83. The Labute approximate surface area is 95.0 Å². The van der Waals surface area contributed by atoms with Crippen molar-refractivity contribution in [3.05, 3.63) is 30.3 Å². The molecule has 88 valence electrons. The highest BCUT2D eigenvalue weighted by atomic mass is 32.2. The van der Waals surface area contributed by atoms with Gasteiger partial charge in [0.05, 0.1) is 17.1 Å². The lowest BCUT2D eigenvalue weighted by atomic mass is 10.3. The van der Waals surface area contributed by atoms with E-state index in [1.165, 1.54) is 12.1 Å². The molecule has 4 nitrogen and oxygen atoms in total. The second-order valence-electron chi connectivity index (χ2n) is 3.95. The summed E-state index contributed by atoms with van der Waals surface area (Å²) in [4.78, 5) is 0.163. The van der Waals surface area contributed by atoms with Gasteiger partial charge in [-0.2, -0.15) is 8.42 Å². The molecule has 0 aromatic heterocycles. The Bertz CT molecular complexity index is 440. The average Bonchev–Trinajstić information content (AvgIpc) is 2.64. The van der Waals surface area contributed by atoms with E-state index in [4.69, 9.17) is 4.18 Å². The maximum atomic E-state index is 11.8. The number of aliphatic hydroxyl groups excluding tert-OH is 1. The van der Waals surface area contributed by atoms with Gasteiger partial charge in [-0.3, -0.25) is 4.18 Å². The van der Waals surface area contributed by atoms with Crippen LogP contribution in [0, 0.1) is 0 Å². The summed E-state index contributed by atoms with van der Waals surface area (Å²) in [6.07, 6.45) is 0.769. The van der Waals surface area contributed by atoms with Crippen LogP contribution in [0.15, 0.2) is 35.2 Å². The number of hydrogen-bond donors (Lipinski definition) is 1. The van der Waals surface area contributed by atoms with E-state index in [0.717, 1.165) is 0 Å². The van der Waals surface area contributed by atoms with Gasteiger partial charge in [0, 0.05) is 6.42 Å². The summed E-state index contributed by atoms with van der Waals surface area (Å²) in [6.45, 7) is 0. The molecule has 5 heteroatoms. The zero-order chi connectivity index (χ0) is 11.6. The lowest BCUT2D eigenvalue weighted by Crippen LogP contribution is -2.16. The van der Waals surface area contributed by atoms with Gasteiger partial charge >= 0.3 is 0 Å². The highest BCUT2D eigenvalue weighted by molar-refractivity contribution is 7.86. The Morgan fingerprint density at radius 3 is 2.44 bits per heavy atom. The van der Waals surface area contributed by atoms with Crippen LogP contribution in [0.25, 0.3) is 0 Å². The minimum atomic E-state index is -3.68. The average molecular weight is 242 g/mol. The predicted molar refractivity (Wildman–Crippen MR) is 58.4 cm³/mol. The molecular weight excluding hydrogens is 228 g/mol. The highest BCUT2D eigenvalue weighted by Crippen LogP contribution is 2.25. The Balaban J connectivity index is 2.09. The molecule has 0 heterocycles. The SMILES string of the molecule is O=S(=O)(OC1CCC(O)C1)c1ccccc1. The van der Waals surface area contributed by atoms with Gasteiger partial charge in [-0.25, -0.2) is 0 Å². The van der Waals surface area contributed by atoms with E-state index >= 15 is 0 Å². The van der Waals surface area contributed by atoms with Crippen molar-refractivity contribution in [2.24, 2.45) is 0 Å². The highest BCUT2D eigenvalue weighted by Gasteiger charge is 2.28. The van der Waals surface area contributed by atoms with E-state index in [9.17, 15) is 13.5 Å². The van der Waals surface area contributed by atoms with E-state index in [0.29, 0.717) is 19.3 Å². The van der Waals surface area contributed by atoms with E-state index in [2.05, 4.69) is 0 Å². The molecule has 0 bridgehead atoms. The Morgan fingerprint density at radius 2 is 1.88 bits per heavy atom. The summed E-state index contributed by atoms with van der Waals surface area (Å²) >= 11 is 0. The first-order chi connectivity index (χ1) is 7.58. The maximum absolute atomic E-state index is 11.8. The number of benzene rings is 1. The van der Waals surface area contributed by atoms with Crippen LogP contribution in [0.2, 0.25) is 0 Å². The molecular formula is C11H14O4S. The third-order valence-corrected chi connectivity index (χ3v) is 4.03. The molecule has 1 N–H and O–H groups in total. The summed E-state index contributed by atoms with van der Waals surface area (Å²) in [7, 11) is -3.68. The van der Waals surface area contributed by atoms with Crippen LogP contribution in [0.1, 0.15) is 19.3 Å². The summed E-state index contributed by atoms with van der Waals surface area (Å²) in [5.41, 5.74) is 0. The number of rotatable bonds is 3. The Hall–Kier alpha value is -0.910. The molecule has 0 spiro atoms. The van der Waals surface area contributed by atoms with Crippen molar-refractivity contribution in [2.45, 2.75) is 36.4 Å². The fraction of sp³-hybridized carbons (Fsp3) is 0.455. The fourth-order valence-corrected chi connectivity index (χ4v) is 2.96. The van der Waals surface area contributed by atoms with Crippen LogP contribution < -0.4 is 0 Å². The van der Waals surface area contributed by atoms with Gasteiger partial charge in [0.15, 0.2) is 0 Å². The zero-order valence-corrected chi connectivity index (χ0v) is 9.56. The van der Waals surface area contributed by atoms with Crippen LogP contribution in [-0.2, 0) is 14.3 Å². The second kappa shape index (κ2) is 4.53. The normalized spacial score (nSPS) is 25.8. The van der Waals surface area contributed by atoms with Crippen molar-refractivity contribution in [3.8, 4) is 0 Å². The molecule has 1 aliphatic rings. The molecule has 0 saturated heterocycles. The predicted octanol–water partition coefficient (Wildman–Crippen LogP) is 1.31. The lowest BCUT2D eigenvalue weighted by Gasteiger charge is -2.11. The third-order valence-electron chi connectivity index (χ3n) is 2.65. The topological polar surface area (TPSA) is 63.6 Å². The molecule has 0 amide bonds. The molecule has 1 aromatic rings. The van der Waals surface area contributed by atoms with Gasteiger partial charge in [-0.05, 0) is 25.0 Å². The van der Waals surface area contributed by atoms with E-state index in [-0.39, 0.29) is 11.0 Å². The number of hydrogen-bond acceptors (Lipinski definition) is 4. The molecule has 1 aromatic carbocycles. The van der Waals surface area contributed by atoms with E-state index in [1.54, 1.807) is 18.2 Å². The van der Waals surface area contributed by atoms with Gasteiger partial charge < -0.3 is 5.11 Å². The zero-order valence-electron chi connectivity index (χ0n) is 8.74. The molecule has 1 aliphatic carbocycles. The molecule has 0 aliphatic heterocycles. The van der Waals surface area contributed by atoms with Crippen molar-refractivity contribution in [1.29, 1.82) is 0 Å². The van der Waals surface area contributed by atoms with Crippen molar-refractivity contribution < 1.29 is 17.7 Å². The summed E-state index contributed by atoms with van der Waals surface area (Å²) in [5.74, 6) is 0. The van der Waals surface area contributed by atoms with E-state index in [1.807, 2.05) is 0 Å². The van der Waals surface area contributed by atoms with Crippen molar-refractivity contribution >= 4 is 10.1 Å². The minimum absolute atomic E-state index is 0.163. The van der Waals surface area contributed by atoms with Gasteiger partial charge in [0.25, 0.3) is 10.1 Å². The Kier molecular flexibility index (Phi) is 3.28. The number of aliphatic hydroxyl groups is 1. The van der Waals surface area contributed by atoms with Crippen LogP contribution >= 0.6 is 0 Å². The quantitative estimate of drug-likeness (QED) is 0.812. The van der Waals surface area contributed by atoms with Gasteiger partial charge in [0.2, 0.25) is 0 Å². The Morgan fingerprint density at radius 1 is 1.19 bits per heavy atom. The first kappa shape index (κ1) is 11.6. The first-order valence-electron chi connectivity index (χ1n) is 5.24. The smallest absolute Gasteiger partial charge is 0.297 e. The van der Waals surface area contributed by atoms with Crippen LogP contribution in [0.4, 0.5) is 0 Å². The summed E-state index contributed by atoms with van der Waals surface area (Å²) < 4.78 is 28.6. The van der Waals surface area contributed by atoms with E-state index < -0.39 is 16.2 Å². The van der Waals surface area contributed by atoms with Crippen molar-refractivity contribution in [3.63, 3.8) is 0 Å². The largest absolute Gasteiger partial charge is 0.393 e. The van der Waals surface area contributed by atoms with Gasteiger partial charge in [0.1, 0.15) is 0 Å². The molecule has 2 atom stereocenters. The van der Waals surface area contributed by atoms with Crippen molar-refractivity contribution in [1.82, 2.24) is 0 Å². The monoisotopic (exact) mass is 242 g/mol. The molecule has 16 heavy (non-hydrogen) atoms.